The number of amidine groups is 1. The van der Waals surface area contributed by atoms with Crippen LogP contribution in [0.5, 0.6) is 0 Å². The van der Waals surface area contributed by atoms with Crippen molar-refractivity contribution in [3.8, 4) is 0 Å². The molecule has 0 aliphatic carbocycles. The zero-order valence-corrected chi connectivity index (χ0v) is 12.3. The molecule has 1 heterocycles. The number of hydrogen-bond donors (Lipinski definition) is 1. The monoisotopic (exact) mass is 289 g/mol. The van der Waals surface area contributed by atoms with Crippen LogP contribution in [0, 0.1) is 0 Å². The van der Waals surface area contributed by atoms with Crippen molar-refractivity contribution in [2.24, 2.45) is 4.99 Å². The number of benzene rings is 1. The molecular weight excluding hydrogens is 270 g/mol. The minimum atomic E-state index is -0.351. The summed E-state index contributed by atoms with van der Waals surface area (Å²) in [7, 11) is 0. The first-order valence-electron chi connectivity index (χ1n) is 6.86. The van der Waals surface area contributed by atoms with E-state index in [1.807, 2.05) is 24.3 Å². The second kappa shape index (κ2) is 6.99. The molecule has 0 aromatic heterocycles. The van der Waals surface area contributed by atoms with E-state index in [0.717, 1.165) is 32.0 Å². The number of carbonyl (C=O) groups excluding carboxylic acids is 2. The van der Waals surface area contributed by atoms with Gasteiger partial charge in [-0.15, -0.1) is 0 Å². The highest BCUT2D eigenvalue weighted by atomic mass is 16.5. The Morgan fingerprint density at radius 2 is 1.76 bits per heavy atom. The Balaban J connectivity index is 2.18. The summed E-state index contributed by atoms with van der Waals surface area (Å²) in [6, 6.07) is 7.61. The van der Waals surface area contributed by atoms with Crippen molar-refractivity contribution in [1.82, 2.24) is 5.32 Å². The zero-order chi connectivity index (χ0) is 15.2. The normalized spacial score (nSPS) is 15.7. The van der Waals surface area contributed by atoms with E-state index in [2.05, 4.69) is 15.2 Å². The molecule has 0 radical (unpaired) electrons. The summed E-state index contributed by atoms with van der Waals surface area (Å²) in [6.45, 7) is 5.91. The van der Waals surface area contributed by atoms with Crippen LogP contribution in [0.3, 0.4) is 0 Å². The summed E-state index contributed by atoms with van der Waals surface area (Å²) in [5.41, 5.74) is 1.80. The number of nitrogens with one attached hydrogen (secondary N) is 1. The maximum absolute atomic E-state index is 11.2. The highest BCUT2D eigenvalue weighted by Gasteiger charge is 2.12. The second-order valence-corrected chi connectivity index (χ2v) is 4.81. The van der Waals surface area contributed by atoms with E-state index in [0.29, 0.717) is 5.56 Å². The van der Waals surface area contributed by atoms with E-state index in [9.17, 15) is 9.59 Å². The van der Waals surface area contributed by atoms with Crippen LogP contribution in [-0.2, 0) is 14.3 Å². The number of morpholine rings is 1. The molecule has 2 rings (SSSR count). The van der Waals surface area contributed by atoms with Crippen molar-refractivity contribution in [3.63, 3.8) is 0 Å². The van der Waals surface area contributed by atoms with Gasteiger partial charge in [0.25, 0.3) is 0 Å². The third-order valence-corrected chi connectivity index (χ3v) is 3.08. The maximum atomic E-state index is 11.2. The van der Waals surface area contributed by atoms with Gasteiger partial charge in [0.15, 0.2) is 0 Å². The number of ether oxygens (including phenoxy) is 1. The third-order valence-electron chi connectivity index (χ3n) is 3.08. The van der Waals surface area contributed by atoms with Gasteiger partial charge in [0.05, 0.1) is 13.2 Å². The van der Waals surface area contributed by atoms with Gasteiger partial charge in [0.1, 0.15) is 5.84 Å². The van der Waals surface area contributed by atoms with Gasteiger partial charge in [-0.3, -0.25) is 9.59 Å². The molecule has 6 nitrogen and oxygen atoms in total. The van der Waals surface area contributed by atoms with Crippen molar-refractivity contribution in [2.45, 2.75) is 13.8 Å². The lowest BCUT2D eigenvalue weighted by Crippen LogP contribution is -2.36. The highest BCUT2D eigenvalue weighted by molar-refractivity contribution is 6.11. The number of rotatable bonds is 2. The lowest BCUT2D eigenvalue weighted by Gasteiger charge is -2.28. The fraction of sp³-hybridized carbons (Fsp3) is 0.400. The van der Waals surface area contributed by atoms with Crippen LogP contribution in [0.1, 0.15) is 19.4 Å². The Kier molecular flexibility index (Phi) is 5.05. The summed E-state index contributed by atoms with van der Waals surface area (Å²) in [4.78, 5) is 28.4. The molecule has 1 aliphatic rings. The minimum Gasteiger partial charge on any atom is -0.378 e. The molecule has 1 aromatic rings. The Morgan fingerprint density at radius 1 is 1.14 bits per heavy atom. The topological polar surface area (TPSA) is 71.0 Å². The maximum Gasteiger partial charge on any atom is 0.244 e. The first-order chi connectivity index (χ1) is 10.1. The van der Waals surface area contributed by atoms with Gasteiger partial charge < -0.3 is 15.0 Å². The minimum absolute atomic E-state index is 0.257. The number of amides is 2. The number of aliphatic imine (C=N–C) groups is 1. The van der Waals surface area contributed by atoms with Crippen molar-refractivity contribution in [1.29, 1.82) is 0 Å². The Morgan fingerprint density at radius 3 is 2.29 bits per heavy atom. The standard InChI is InChI=1S/C15H19N3O3/c1-11(19)16-15(17-12(2)20)13-3-5-14(6-4-13)18-7-9-21-10-8-18/h3-6H,7-10H2,1-2H3,(H,16,17,19,20). The predicted molar refractivity (Wildman–Crippen MR) is 80.5 cm³/mol. The largest absolute Gasteiger partial charge is 0.378 e. The van der Waals surface area contributed by atoms with Gasteiger partial charge in [-0.2, -0.15) is 4.99 Å². The Bertz CT molecular complexity index is 546. The lowest BCUT2D eigenvalue weighted by molar-refractivity contribution is -0.117. The van der Waals surface area contributed by atoms with Gasteiger partial charge in [0.2, 0.25) is 11.8 Å². The summed E-state index contributed by atoms with van der Waals surface area (Å²) in [6.07, 6.45) is 0. The number of anilines is 1. The SMILES string of the molecule is CC(=O)N=C(NC(C)=O)c1ccc(N2CCOCC2)cc1. The van der Waals surface area contributed by atoms with E-state index in [-0.39, 0.29) is 17.6 Å². The fourth-order valence-corrected chi connectivity index (χ4v) is 2.14. The van der Waals surface area contributed by atoms with Gasteiger partial charge in [-0.1, -0.05) is 0 Å². The highest BCUT2D eigenvalue weighted by Crippen LogP contribution is 2.16. The predicted octanol–water partition coefficient (Wildman–Crippen LogP) is 0.952. The van der Waals surface area contributed by atoms with Gasteiger partial charge in [-0.25, -0.2) is 0 Å². The molecule has 0 unspecified atom stereocenters. The molecule has 0 atom stereocenters. The van der Waals surface area contributed by atoms with Crippen LogP contribution in [0.25, 0.3) is 0 Å². The summed E-state index contributed by atoms with van der Waals surface area (Å²) in [5, 5.41) is 2.58. The molecule has 0 saturated carbocycles. The van der Waals surface area contributed by atoms with Crippen molar-refractivity contribution >= 4 is 23.3 Å². The molecule has 1 aliphatic heterocycles. The average molecular weight is 289 g/mol. The third kappa shape index (κ3) is 4.39. The smallest absolute Gasteiger partial charge is 0.244 e. The van der Waals surface area contributed by atoms with Crippen LogP contribution >= 0.6 is 0 Å². The molecule has 112 valence electrons. The second-order valence-electron chi connectivity index (χ2n) is 4.81. The molecule has 0 bridgehead atoms. The van der Waals surface area contributed by atoms with E-state index < -0.39 is 0 Å². The van der Waals surface area contributed by atoms with Gasteiger partial charge >= 0.3 is 0 Å². The Labute approximate surface area is 123 Å². The molecule has 21 heavy (non-hydrogen) atoms. The van der Waals surface area contributed by atoms with Crippen LogP contribution in [0.4, 0.5) is 5.69 Å². The molecule has 1 aromatic carbocycles. The molecule has 1 saturated heterocycles. The number of hydrogen-bond acceptors (Lipinski definition) is 4. The molecule has 1 fully saturated rings. The Hall–Kier alpha value is -2.21. The first kappa shape index (κ1) is 15.2. The molecule has 2 amide bonds. The van der Waals surface area contributed by atoms with Crippen LogP contribution in [0.2, 0.25) is 0 Å². The van der Waals surface area contributed by atoms with Gasteiger partial charge in [-0.05, 0) is 24.3 Å². The van der Waals surface area contributed by atoms with E-state index in [1.54, 1.807) is 0 Å². The van der Waals surface area contributed by atoms with E-state index in [1.165, 1.54) is 13.8 Å². The quantitative estimate of drug-likeness (QED) is 0.650. The average Bonchev–Trinajstić information content (AvgIpc) is 2.47. The van der Waals surface area contributed by atoms with Crippen molar-refractivity contribution in [3.05, 3.63) is 29.8 Å². The van der Waals surface area contributed by atoms with Crippen LogP contribution in [0.15, 0.2) is 29.3 Å². The molecule has 0 spiro atoms. The number of carbonyl (C=O) groups is 2. The number of nitrogens with zero attached hydrogens (tertiary/aromatic N) is 2. The fourth-order valence-electron chi connectivity index (χ4n) is 2.14. The van der Waals surface area contributed by atoms with E-state index in [4.69, 9.17) is 4.74 Å². The van der Waals surface area contributed by atoms with E-state index >= 15 is 0 Å². The zero-order valence-electron chi connectivity index (χ0n) is 12.3. The lowest BCUT2D eigenvalue weighted by atomic mass is 10.1. The molecule has 6 heteroatoms. The summed E-state index contributed by atoms with van der Waals surface area (Å²) >= 11 is 0. The first-order valence-corrected chi connectivity index (χ1v) is 6.86. The summed E-state index contributed by atoms with van der Waals surface area (Å²) < 4.78 is 5.32. The van der Waals surface area contributed by atoms with Gasteiger partial charge in [0, 0.05) is 38.2 Å². The molecular formula is C15H19N3O3. The van der Waals surface area contributed by atoms with Crippen molar-refractivity contribution < 1.29 is 14.3 Å². The van der Waals surface area contributed by atoms with Crippen LogP contribution < -0.4 is 10.2 Å². The molecule has 1 N–H and O–H groups in total. The summed E-state index contributed by atoms with van der Waals surface area (Å²) in [5.74, 6) is -0.327. The van der Waals surface area contributed by atoms with Crippen molar-refractivity contribution in [2.75, 3.05) is 31.2 Å². The van der Waals surface area contributed by atoms with Crippen LogP contribution in [-0.4, -0.2) is 44.0 Å².